The minimum atomic E-state index is 0.00387. The van der Waals surface area contributed by atoms with Crippen molar-refractivity contribution in [3.05, 3.63) is 0 Å². The fourth-order valence-electron chi connectivity index (χ4n) is 0.514. The van der Waals surface area contributed by atoms with E-state index in [1.165, 1.54) is 0 Å². The molecule has 0 aromatic rings. The van der Waals surface area contributed by atoms with Crippen molar-refractivity contribution in [1.29, 1.82) is 0 Å². The first kappa shape index (κ1) is 11.3. The van der Waals surface area contributed by atoms with Crippen molar-refractivity contribution in [2.75, 3.05) is 0 Å². The Morgan fingerprint density at radius 1 is 0.667 bits per heavy atom. The molecule has 0 atom stereocenters. The third-order valence-electron chi connectivity index (χ3n) is 0.990. The first-order chi connectivity index (χ1) is 5.21. The molecular formula is C10H20N2. The molecule has 0 rings (SSSR count). The van der Waals surface area contributed by atoms with Gasteiger partial charge in [0.15, 0.2) is 0 Å². The highest BCUT2D eigenvalue weighted by Crippen LogP contribution is 2.05. The standard InChI is InChI=1S/C10H20N2/c1-9(2,3)11-7-8-12-10(4,5)6/h7-8H,1-6H3/b11-7+,12-8+. The van der Waals surface area contributed by atoms with Crippen molar-refractivity contribution >= 4 is 12.4 Å². The van der Waals surface area contributed by atoms with Crippen molar-refractivity contribution in [2.24, 2.45) is 9.98 Å². The first-order valence-electron chi connectivity index (χ1n) is 4.30. The van der Waals surface area contributed by atoms with Gasteiger partial charge >= 0.3 is 0 Å². The van der Waals surface area contributed by atoms with E-state index < -0.39 is 0 Å². The van der Waals surface area contributed by atoms with Crippen LogP contribution in [0.4, 0.5) is 0 Å². The summed E-state index contributed by atoms with van der Waals surface area (Å²) in [5, 5.41) is 0. The van der Waals surface area contributed by atoms with Crippen LogP contribution in [0.15, 0.2) is 9.98 Å². The summed E-state index contributed by atoms with van der Waals surface area (Å²) >= 11 is 0. The average Bonchev–Trinajstić information content (AvgIpc) is 1.76. The minimum absolute atomic E-state index is 0.00387. The van der Waals surface area contributed by atoms with Crippen molar-refractivity contribution in [3.63, 3.8) is 0 Å². The number of hydrogen-bond donors (Lipinski definition) is 0. The van der Waals surface area contributed by atoms with Gasteiger partial charge in [-0.15, -0.1) is 0 Å². The van der Waals surface area contributed by atoms with E-state index >= 15 is 0 Å². The van der Waals surface area contributed by atoms with Crippen LogP contribution in [-0.4, -0.2) is 23.5 Å². The number of nitrogens with zero attached hydrogens (tertiary/aromatic N) is 2. The Labute approximate surface area is 75.8 Å². The Hall–Kier alpha value is -0.660. The Bertz CT molecular complexity index is 155. The largest absolute Gasteiger partial charge is 0.286 e. The normalized spacial score (nSPS) is 14.8. The zero-order chi connectivity index (χ0) is 9.83. The van der Waals surface area contributed by atoms with Crippen LogP contribution in [0.2, 0.25) is 0 Å². The fourth-order valence-corrected chi connectivity index (χ4v) is 0.514. The zero-order valence-corrected chi connectivity index (χ0v) is 9.05. The lowest BCUT2D eigenvalue weighted by Gasteiger charge is -2.11. The molecule has 0 saturated carbocycles. The van der Waals surface area contributed by atoms with E-state index in [0.29, 0.717) is 0 Å². The second-order valence-electron chi connectivity index (χ2n) is 4.90. The van der Waals surface area contributed by atoms with Crippen LogP contribution < -0.4 is 0 Å². The lowest BCUT2D eigenvalue weighted by Crippen LogP contribution is -2.12. The van der Waals surface area contributed by atoms with Crippen LogP contribution in [0.25, 0.3) is 0 Å². The SMILES string of the molecule is CC(C)(C)/N=C/C=N/C(C)(C)C. The molecule has 0 amide bonds. The smallest absolute Gasteiger partial charge is 0.0524 e. The van der Waals surface area contributed by atoms with Crippen LogP contribution in [0.5, 0.6) is 0 Å². The average molecular weight is 168 g/mol. The molecule has 0 saturated heterocycles. The van der Waals surface area contributed by atoms with E-state index in [9.17, 15) is 0 Å². The van der Waals surface area contributed by atoms with E-state index in [1.54, 1.807) is 12.4 Å². The van der Waals surface area contributed by atoms with Crippen LogP contribution in [0, 0.1) is 0 Å². The highest BCUT2D eigenvalue weighted by Gasteiger charge is 2.05. The van der Waals surface area contributed by atoms with Gasteiger partial charge in [-0.05, 0) is 41.5 Å². The van der Waals surface area contributed by atoms with Gasteiger partial charge in [0.25, 0.3) is 0 Å². The molecule has 0 aliphatic rings. The Kier molecular flexibility index (Phi) is 3.62. The van der Waals surface area contributed by atoms with E-state index in [1.807, 2.05) is 0 Å². The zero-order valence-electron chi connectivity index (χ0n) is 9.05. The lowest BCUT2D eigenvalue weighted by atomic mass is 10.1. The molecule has 0 aliphatic heterocycles. The maximum atomic E-state index is 4.29. The van der Waals surface area contributed by atoms with Gasteiger partial charge in [0.2, 0.25) is 0 Å². The molecule has 70 valence electrons. The van der Waals surface area contributed by atoms with Gasteiger partial charge < -0.3 is 0 Å². The van der Waals surface area contributed by atoms with Crippen molar-refractivity contribution < 1.29 is 0 Å². The Balaban J connectivity index is 4.00. The second-order valence-corrected chi connectivity index (χ2v) is 4.90. The molecular weight excluding hydrogens is 148 g/mol. The molecule has 0 bridgehead atoms. The topological polar surface area (TPSA) is 24.7 Å². The van der Waals surface area contributed by atoms with E-state index in [4.69, 9.17) is 0 Å². The van der Waals surface area contributed by atoms with Crippen molar-refractivity contribution in [1.82, 2.24) is 0 Å². The van der Waals surface area contributed by atoms with Gasteiger partial charge in [0, 0.05) is 12.4 Å². The van der Waals surface area contributed by atoms with Gasteiger partial charge in [-0.3, -0.25) is 9.98 Å². The molecule has 0 fully saturated rings. The highest BCUT2D eigenvalue weighted by atomic mass is 14.8. The molecule has 0 heterocycles. The summed E-state index contributed by atoms with van der Waals surface area (Å²) in [5.74, 6) is 0. The summed E-state index contributed by atoms with van der Waals surface area (Å²) < 4.78 is 0. The number of hydrogen-bond acceptors (Lipinski definition) is 2. The molecule has 0 N–H and O–H groups in total. The number of rotatable bonds is 1. The quantitative estimate of drug-likeness (QED) is 0.538. The van der Waals surface area contributed by atoms with Gasteiger partial charge in [0.05, 0.1) is 11.1 Å². The third-order valence-corrected chi connectivity index (χ3v) is 0.990. The fraction of sp³-hybridized carbons (Fsp3) is 0.800. The third kappa shape index (κ3) is 9.34. The molecule has 0 aliphatic carbocycles. The van der Waals surface area contributed by atoms with Crippen LogP contribution in [0.3, 0.4) is 0 Å². The highest BCUT2D eigenvalue weighted by molar-refractivity contribution is 6.16. The maximum absolute atomic E-state index is 4.29. The lowest BCUT2D eigenvalue weighted by molar-refractivity contribution is 0.583. The summed E-state index contributed by atoms with van der Waals surface area (Å²) in [6.07, 6.45) is 3.54. The van der Waals surface area contributed by atoms with Crippen molar-refractivity contribution in [3.8, 4) is 0 Å². The second kappa shape index (κ2) is 3.83. The molecule has 0 spiro atoms. The predicted octanol–water partition coefficient (Wildman–Crippen LogP) is 2.73. The van der Waals surface area contributed by atoms with Gasteiger partial charge in [-0.25, -0.2) is 0 Å². The van der Waals surface area contributed by atoms with E-state index in [2.05, 4.69) is 51.5 Å². The van der Waals surface area contributed by atoms with E-state index in [-0.39, 0.29) is 11.1 Å². The number of aliphatic imine (C=N–C) groups is 2. The summed E-state index contributed by atoms with van der Waals surface area (Å²) in [5.41, 5.74) is 0.00775. The van der Waals surface area contributed by atoms with Gasteiger partial charge in [-0.1, -0.05) is 0 Å². The maximum Gasteiger partial charge on any atom is 0.0524 e. The Morgan fingerprint density at radius 2 is 0.917 bits per heavy atom. The molecule has 12 heavy (non-hydrogen) atoms. The first-order valence-corrected chi connectivity index (χ1v) is 4.30. The molecule has 0 aromatic heterocycles. The molecule has 2 heteroatoms. The van der Waals surface area contributed by atoms with Gasteiger partial charge in [-0.2, -0.15) is 0 Å². The van der Waals surface area contributed by atoms with E-state index in [0.717, 1.165) is 0 Å². The molecule has 2 nitrogen and oxygen atoms in total. The summed E-state index contributed by atoms with van der Waals surface area (Å²) in [6, 6.07) is 0. The Morgan fingerprint density at radius 3 is 1.08 bits per heavy atom. The summed E-state index contributed by atoms with van der Waals surface area (Å²) in [4.78, 5) is 8.57. The monoisotopic (exact) mass is 168 g/mol. The van der Waals surface area contributed by atoms with Gasteiger partial charge in [0.1, 0.15) is 0 Å². The van der Waals surface area contributed by atoms with Crippen LogP contribution in [0.1, 0.15) is 41.5 Å². The molecule has 0 radical (unpaired) electrons. The predicted molar refractivity (Wildman–Crippen MR) is 56.5 cm³/mol. The summed E-state index contributed by atoms with van der Waals surface area (Å²) in [7, 11) is 0. The minimum Gasteiger partial charge on any atom is -0.286 e. The molecule has 0 aromatic carbocycles. The van der Waals surface area contributed by atoms with Crippen LogP contribution in [-0.2, 0) is 0 Å². The summed E-state index contributed by atoms with van der Waals surface area (Å²) in [6.45, 7) is 12.4. The molecule has 0 unspecified atom stereocenters. The van der Waals surface area contributed by atoms with Crippen LogP contribution >= 0.6 is 0 Å². The van der Waals surface area contributed by atoms with Crippen molar-refractivity contribution in [2.45, 2.75) is 52.6 Å².